The van der Waals surface area contributed by atoms with Crippen molar-refractivity contribution in [3.05, 3.63) is 78.4 Å². The summed E-state index contributed by atoms with van der Waals surface area (Å²) < 4.78 is 35.7. The SMILES string of the molecule is CC(=O)OC[C@H]1OC(n2c(=O)ccn(CC(OC(C)=O)[C@H]3O[C@@H](n4c(=O)cc[nH]c4=O)CC[C@@H]3OC(C)=O)c2=O)C=C[C@@H]1OC(C)=O. The maximum atomic E-state index is 13.7. The van der Waals surface area contributed by atoms with E-state index in [-0.39, 0.29) is 19.4 Å². The standard InChI is InChI=1S/C29H34N4O14/c1-15(34)42-14-22-19(43-16(2)35)5-7-26(46-22)33-24(39)10-12-31(29(33)41)13-21(45-18(4)37)27-20(44-17(3)36)6-8-25(47-27)32-23(38)9-11-30-28(32)40/h5,7,9-12,19-22,25-27H,6,8,13-14H2,1-4H3,(H,30,40)/t19-,20-,21?,22+,25+,26?,27-/m0/s1. The molecule has 1 N–H and O–H groups in total. The van der Waals surface area contributed by atoms with Crippen LogP contribution in [0.15, 0.2) is 55.9 Å². The maximum absolute atomic E-state index is 13.7. The van der Waals surface area contributed by atoms with Crippen LogP contribution in [0.1, 0.15) is 53.0 Å². The third-order valence-electron chi connectivity index (χ3n) is 7.17. The number of hydrogen-bond donors (Lipinski definition) is 1. The Kier molecular flexibility index (Phi) is 11.1. The highest BCUT2D eigenvalue weighted by atomic mass is 16.6. The van der Waals surface area contributed by atoms with Crippen molar-refractivity contribution in [1.82, 2.24) is 18.7 Å². The lowest BCUT2D eigenvalue weighted by Crippen LogP contribution is -2.53. The van der Waals surface area contributed by atoms with E-state index in [4.69, 9.17) is 28.4 Å². The van der Waals surface area contributed by atoms with Crippen LogP contribution in [0.4, 0.5) is 0 Å². The van der Waals surface area contributed by atoms with Crippen LogP contribution in [-0.2, 0) is 54.1 Å². The average molecular weight is 663 g/mol. The third-order valence-corrected chi connectivity index (χ3v) is 7.17. The number of esters is 4. The first-order valence-electron chi connectivity index (χ1n) is 14.5. The molecule has 0 bridgehead atoms. The molecule has 18 nitrogen and oxygen atoms in total. The molecule has 254 valence electrons. The molecule has 0 amide bonds. The van der Waals surface area contributed by atoms with Gasteiger partial charge in [0.15, 0.2) is 6.23 Å². The fourth-order valence-corrected chi connectivity index (χ4v) is 5.31. The summed E-state index contributed by atoms with van der Waals surface area (Å²) in [7, 11) is 0. The second-order valence-electron chi connectivity index (χ2n) is 10.7. The van der Waals surface area contributed by atoms with Gasteiger partial charge in [0.2, 0.25) is 0 Å². The first-order chi connectivity index (χ1) is 22.2. The van der Waals surface area contributed by atoms with Gasteiger partial charge >= 0.3 is 35.3 Å². The maximum Gasteiger partial charge on any atom is 0.333 e. The molecule has 1 fully saturated rings. The Hall–Kier alpha value is -5.10. The molecule has 2 aromatic rings. The summed E-state index contributed by atoms with van der Waals surface area (Å²) >= 11 is 0. The molecule has 1 saturated heterocycles. The molecule has 0 saturated carbocycles. The van der Waals surface area contributed by atoms with Gasteiger partial charge in [-0.05, 0) is 25.0 Å². The number of hydrogen-bond acceptors (Lipinski definition) is 14. The summed E-state index contributed by atoms with van der Waals surface area (Å²) in [5.41, 5.74) is -3.13. The number of H-pyrrole nitrogens is 1. The number of aromatic amines is 1. The number of carbonyl (C=O) groups is 4. The number of aromatic nitrogens is 4. The van der Waals surface area contributed by atoms with Crippen LogP contribution in [0, 0.1) is 0 Å². The van der Waals surface area contributed by atoms with Crippen LogP contribution in [0.2, 0.25) is 0 Å². The topological polar surface area (TPSA) is 223 Å². The van der Waals surface area contributed by atoms with Crippen molar-refractivity contribution < 1.29 is 47.6 Å². The average Bonchev–Trinajstić information content (AvgIpc) is 2.98. The van der Waals surface area contributed by atoms with E-state index in [0.717, 1.165) is 52.8 Å². The number of nitrogens with zero attached hydrogens (tertiary/aromatic N) is 3. The van der Waals surface area contributed by atoms with E-state index in [9.17, 15) is 38.4 Å². The fourth-order valence-electron chi connectivity index (χ4n) is 5.31. The van der Waals surface area contributed by atoms with Crippen molar-refractivity contribution in [3.8, 4) is 0 Å². The Balaban J connectivity index is 1.70. The van der Waals surface area contributed by atoms with Crippen LogP contribution in [0.25, 0.3) is 0 Å². The summed E-state index contributed by atoms with van der Waals surface area (Å²) in [6.45, 7) is 3.81. The van der Waals surface area contributed by atoms with E-state index < -0.39 is 95.9 Å². The smallest absolute Gasteiger partial charge is 0.333 e. The second-order valence-corrected chi connectivity index (χ2v) is 10.7. The normalized spacial score (nSPS) is 24.5. The molecule has 4 heterocycles. The number of ether oxygens (including phenoxy) is 6. The van der Waals surface area contributed by atoms with Gasteiger partial charge in [0, 0.05) is 52.2 Å². The third kappa shape index (κ3) is 8.59. The Bertz CT molecular complexity index is 1740. The lowest BCUT2D eigenvalue weighted by molar-refractivity contribution is -0.211. The quantitative estimate of drug-likeness (QED) is 0.184. The predicted molar refractivity (Wildman–Crippen MR) is 156 cm³/mol. The number of carbonyl (C=O) groups excluding carboxylic acids is 4. The Morgan fingerprint density at radius 2 is 1.57 bits per heavy atom. The highest BCUT2D eigenvalue weighted by molar-refractivity contribution is 5.67. The summed E-state index contributed by atoms with van der Waals surface area (Å²) in [6, 6.07) is 2.18. The largest absolute Gasteiger partial charge is 0.463 e. The molecular formula is C29H34N4O14. The lowest BCUT2D eigenvalue weighted by atomic mass is 9.98. The van der Waals surface area contributed by atoms with Gasteiger partial charge in [-0.1, -0.05) is 0 Å². The van der Waals surface area contributed by atoms with Crippen molar-refractivity contribution in [2.24, 2.45) is 0 Å². The molecule has 2 aliphatic rings. The van der Waals surface area contributed by atoms with Crippen molar-refractivity contribution in [3.63, 3.8) is 0 Å². The fraction of sp³-hybridized carbons (Fsp3) is 0.517. The molecule has 0 aromatic carbocycles. The summed E-state index contributed by atoms with van der Waals surface area (Å²) in [4.78, 5) is 101. The van der Waals surface area contributed by atoms with E-state index in [1.54, 1.807) is 0 Å². The van der Waals surface area contributed by atoms with E-state index in [1.807, 2.05) is 0 Å². The lowest BCUT2D eigenvalue weighted by Gasteiger charge is -2.39. The van der Waals surface area contributed by atoms with E-state index >= 15 is 0 Å². The highest BCUT2D eigenvalue weighted by Crippen LogP contribution is 2.31. The Labute approximate surface area is 265 Å². The Morgan fingerprint density at radius 3 is 2.21 bits per heavy atom. The van der Waals surface area contributed by atoms with Crippen molar-refractivity contribution in [2.45, 2.75) is 90.1 Å². The summed E-state index contributed by atoms with van der Waals surface area (Å²) in [6.07, 6.45) is -2.97. The van der Waals surface area contributed by atoms with Gasteiger partial charge in [0.05, 0.1) is 6.54 Å². The molecule has 7 atom stereocenters. The monoisotopic (exact) mass is 662 g/mol. The van der Waals surface area contributed by atoms with E-state index in [2.05, 4.69) is 4.98 Å². The molecule has 2 unspecified atom stereocenters. The second kappa shape index (κ2) is 15.0. The zero-order valence-corrected chi connectivity index (χ0v) is 25.9. The molecule has 2 aliphatic heterocycles. The van der Waals surface area contributed by atoms with Gasteiger partial charge in [0.25, 0.3) is 11.1 Å². The summed E-state index contributed by atoms with van der Waals surface area (Å²) in [5.74, 6) is -2.76. The molecule has 47 heavy (non-hydrogen) atoms. The van der Waals surface area contributed by atoms with Crippen molar-refractivity contribution in [1.29, 1.82) is 0 Å². The van der Waals surface area contributed by atoms with E-state index in [1.165, 1.54) is 25.3 Å². The molecule has 0 radical (unpaired) electrons. The van der Waals surface area contributed by atoms with Crippen LogP contribution in [0.5, 0.6) is 0 Å². The van der Waals surface area contributed by atoms with Gasteiger partial charge in [-0.2, -0.15) is 0 Å². The van der Waals surface area contributed by atoms with Gasteiger partial charge in [0.1, 0.15) is 43.4 Å². The molecular weight excluding hydrogens is 628 g/mol. The number of nitrogens with one attached hydrogen (secondary N) is 1. The summed E-state index contributed by atoms with van der Waals surface area (Å²) in [5, 5.41) is 0. The molecule has 2 aromatic heterocycles. The first kappa shape index (κ1) is 34.8. The first-order valence-corrected chi connectivity index (χ1v) is 14.5. The van der Waals surface area contributed by atoms with Crippen LogP contribution >= 0.6 is 0 Å². The molecule has 4 rings (SSSR count). The van der Waals surface area contributed by atoms with Crippen molar-refractivity contribution in [2.75, 3.05) is 6.61 Å². The van der Waals surface area contributed by atoms with Crippen LogP contribution in [-0.4, -0.2) is 79.7 Å². The van der Waals surface area contributed by atoms with E-state index in [0.29, 0.717) is 0 Å². The minimum Gasteiger partial charge on any atom is -0.463 e. The Morgan fingerprint density at radius 1 is 0.872 bits per heavy atom. The molecule has 18 heteroatoms. The number of rotatable bonds is 10. The van der Waals surface area contributed by atoms with Crippen LogP contribution in [0.3, 0.4) is 0 Å². The zero-order valence-electron chi connectivity index (χ0n) is 25.9. The minimum atomic E-state index is -1.34. The highest BCUT2D eigenvalue weighted by Gasteiger charge is 2.42. The predicted octanol–water partition coefficient (Wildman–Crippen LogP) is -0.950. The van der Waals surface area contributed by atoms with Crippen LogP contribution < -0.4 is 22.5 Å². The molecule has 0 spiro atoms. The van der Waals surface area contributed by atoms with Gasteiger partial charge < -0.3 is 33.4 Å². The zero-order chi connectivity index (χ0) is 34.4. The minimum absolute atomic E-state index is 0.0767. The van der Waals surface area contributed by atoms with Gasteiger partial charge in [-0.3, -0.25) is 33.3 Å². The van der Waals surface area contributed by atoms with Crippen molar-refractivity contribution >= 4 is 23.9 Å². The van der Waals surface area contributed by atoms with Gasteiger partial charge in [-0.25, -0.2) is 18.7 Å². The van der Waals surface area contributed by atoms with Gasteiger partial charge in [-0.15, -0.1) is 0 Å². The molecule has 0 aliphatic carbocycles.